The fraction of sp³-hybridized carbons (Fsp3) is 0.278. The predicted octanol–water partition coefficient (Wildman–Crippen LogP) is 7.16. The van der Waals surface area contributed by atoms with Crippen LogP contribution in [0.25, 0.3) is 0 Å². The third-order valence-corrected chi connectivity index (χ3v) is 9.92. The van der Waals surface area contributed by atoms with Crippen molar-refractivity contribution in [2.24, 2.45) is 0 Å². The van der Waals surface area contributed by atoms with Gasteiger partial charge in [0.15, 0.2) is 0 Å². The van der Waals surface area contributed by atoms with E-state index in [1.165, 1.54) is 0 Å². The Bertz CT molecular complexity index is 1870. The van der Waals surface area contributed by atoms with Gasteiger partial charge in [0.05, 0.1) is 42.5 Å². The first-order valence-corrected chi connectivity index (χ1v) is 17.8. The van der Waals surface area contributed by atoms with Gasteiger partial charge < -0.3 is 9.47 Å². The summed E-state index contributed by atoms with van der Waals surface area (Å²) in [5.74, 6) is -0.995. The summed E-state index contributed by atoms with van der Waals surface area (Å²) in [7, 11) is -3.95. The van der Waals surface area contributed by atoms with Gasteiger partial charge in [0.2, 0.25) is 0 Å². The lowest BCUT2D eigenvalue weighted by atomic mass is 9.98. The van der Waals surface area contributed by atoms with E-state index in [1.54, 1.807) is 98.8 Å². The number of ether oxygens (including phenoxy) is 2. The lowest BCUT2D eigenvalue weighted by Gasteiger charge is -2.32. The number of hydrogen-bond donors (Lipinski definition) is 1. The van der Waals surface area contributed by atoms with E-state index in [0.717, 1.165) is 5.56 Å². The van der Waals surface area contributed by atoms with Gasteiger partial charge in [-0.1, -0.05) is 83.4 Å². The molecule has 252 valence electrons. The van der Waals surface area contributed by atoms with E-state index in [0.29, 0.717) is 32.4 Å². The Hall–Kier alpha value is -3.93. The fourth-order valence-corrected chi connectivity index (χ4v) is 7.56. The molecule has 0 amide bonds. The Balaban J connectivity index is 1.67. The van der Waals surface area contributed by atoms with Gasteiger partial charge in [0.1, 0.15) is 6.04 Å². The average molecular weight is 711 g/mol. The zero-order chi connectivity index (χ0) is 34.4. The van der Waals surface area contributed by atoms with Crippen LogP contribution in [0.2, 0.25) is 10.0 Å². The molecule has 1 aliphatic heterocycles. The van der Waals surface area contributed by atoms with Crippen LogP contribution in [0.5, 0.6) is 0 Å². The van der Waals surface area contributed by atoms with Crippen LogP contribution in [-0.2, 0) is 35.6 Å². The highest BCUT2D eigenvalue weighted by Crippen LogP contribution is 2.47. The molecular weight excluding hydrogens is 673 g/mol. The van der Waals surface area contributed by atoms with Crippen LogP contribution in [0.4, 0.5) is 5.69 Å². The number of aryl methyl sites for hydroxylation is 1. The number of nitrogens with one attached hydrogen (secondary N) is 1. The molecule has 0 aliphatic carbocycles. The molecule has 5 rings (SSSR count). The van der Waals surface area contributed by atoms with Crippen molar-refractivity contribution in [1.29, 1.82) is 0 Å². The number of para-hydroxylation sites is 1. The number of sulfonamides is 1. The van der Waals surface area contributed by atoms with E-state index < -0.39 is 40.2 Å². The molecule has 4 aromatic carbocycles. The quantitative estimate of drug-likeness (QED) is 0.155. The second-order valence-electron chi connectivity index (χ2n) is 11.4. The maximum absolute atomic E-state index is 14.1. The lowest BCUT2D eigenvalue weighted by Crippen LogP contribution is -2.41. The fourth-order valence-electron chi connectivity index (χ4n) is 6.06. The zero-order valence-electron chi connectivity index (χ0n) is 26.8. The van der Waals surface area contributed by atoms with Crippen LogP contribution in [0.3, 0.4) is 0 Å². The molecule has 0 spiro atoms. The molecule has 1 fully saturated rings. The van der Waals surface area contributed by atoms with Crippen molar-refractivity contribution in [3.8, 4) is 0 Å². The largest absolute Gasteiger partial charge is 0.465 e. The maximum atomic E-state index is 14.1. The van der Waals surface area contributed by atoms with E-state index in [-0.39, 0.29) is 31.2 Å². The van der Waals surface area contributed by atoms with Gasteiger partial charge in [0.25, 0.3) is 10.0 Å². The normalized spacial score (nSPS) is 18.4. The molecule has 0 saturated carbocycles. The highest BCUT2D eigenvalue weighted by Gasteiger charge is 2.53. The van der Waals surface area contributed by atoms with Crippen molar-refractivity contribution >= 4 is 50.9 Å². The molecule has 1 saturated heterocycles. The Morgan fingerprint density at radius 1 is 0.792 bits per heavy atom. The number of rotatable bonds is 12. The first-order valence-electron chi connectivity index (χ1n) is 15.5. The minimum Gasteiger partial charge on any atom is -0.465 e. The Kier molecular flexibility index (Phi) is 11.4. The number of nitrogens with zero attached hydrogens (tertiary/aromatic N) is 2. The van der Waals surface area contributed by atoms with E-state index in [2.05, 4.69) is 4.72 Å². The predicted molar refractivity (Wildman–Crippen MR) is 186 cm³/mol. The van der Waals surface area contributed by atoms with Crippen molar-refractivity contribution in [1.82, 2.24) is 9.80 Å². The summed E-state index contributed by atoms with van der Waals surface area (Å²) in [4.78, 5) is 31.2. The monoisotopic (exact) mass is 709 g/mol. The van der Waals surface area contributed by atoms with Crippen LogP contribution < -0.4 is 4.72 Å². The van der Waals surface area contributed by atoms with Crippen LogP contribution >= 0.6 is 23.2 Å². The molecule has 0 bridgehead atoms. The van der Waals surface area contributed by atoms with Crippen LogP contribution in [0.15, 0.2) is 102 Å². The van der Waals surface area contributed by atoms with Crippen molar-refractivity contribution in [2.75, 3.05) is 24.5 Å². The molecule has 0 radical (unpaired) electrons. The summed E-state index contributed by atoms with van der Waals surface area (Å²) in [6, 6.07) is 26.2. The summed E-state index contributed by atoms with van der Waals surface area (Å²) < 4.78 is 40.8. The van der Waals surface area contributed by atoms with Crippen molar-refractivity contribution in [3.63, 3.8) is 0 Å². The number of esters is 2. The van der Waals surface area contributed by atoms with Gasteiger partial charge in [-0.25, -0.2) is 8.42 Å². The first-order chi connectivity index (χ1) is 23.0. The van der Waals surface area contributed by atoms with Gasteiger partial charge in [-0.2, -0.15) is 0 Å². The van der Waals surface area contributed by atoms with Crippen LogP contribution in [0.1, 0.15) is 48.3 Å². The van der Waals surface area contributed by atoms with Crippen molar-refractivity contribution in [2.45, 2.75) is 50.5 Å². The van der Waals surface area contributed by atoms with Gasteiger partial charge in [-0.05, 0) is 79.9 Å². The summed E-state index contributed by atoms with van der Waals surface area (Å²) in [6.45, 7) is 5.56. The number of benzene rings is 4. The topological polar surface area (TPSA) is 105 Å². The molecule has 4 aromatic rings. The van der Waals surface area contributed by atoms with Gasteiger partial charge in [-0.3, -0.25) is 24.1 Å². The molecule has 9 nitrogen and oxygen atoms in total. The Morgan fingerprint density at radius 2 is 1.42 bits per heavy atom. The van der Waals surface area contributed by atoms with Gasteiger partial charge >= 0.3 is 11.9 Å². The first kappa shape index (κ1) is 35.4. The van der Waals surface area contributed by atoms with Crippen LogP contribution in [0, 0.1) is 6.92 Å². The number of halogens is 2. The molecule has 48 heavy (non-hydrogen) atoms. The molecule has 1 aliphatic rings. The number of anilines is 1. The molecule has 0 unspecified atom stereocenters. The molecule has 1 heterocycles. The minimum atomic E-state index is -3.95. The third kappa shape index (κ3) is 8.02. The second-order valence-corrected chi connectivity index (χ2v) is 13.9. The van der Waals surface area contributed by atoms with Crippen LogP contribution in [-0.4, -0.2) is 56.0 Å². The maximum Gasteiger partial charge on any atom is 0.325 e. The third-order valence-electron chi connectivity index (χ3n) is 8.07. The van der Waals surface area contributed by atoms with Gasteiger partial charge in [0, 0.05) is 16.6 Å². The van der Waals surface area contributed by atoms with E-state index in [1.807, 2.05) is 28.9 Å². The molecule has 1 N–H and O–H groups in total. The molecule has 3 atom stereocenters. The molecule has 0 aromatic heterocycles. The van der Waals surface area contributed by atoms with E-state index in [4.69, 9.17) is 32.7 Å². The van der Waals surface area contributed by atoms with Crippen molar-refractivity contribution in [3.05, 3.63) is 129 Å². The minimum absolute atomic E-state index is 0.0869. The second kappa shape index (κ2) is 15.5. The van der Waals surface area contributed by atoms with E-state index >= 15 is 0 Å². The lowest BCUT2D eigenvalue weighted by molar-refractivity contribution is -0.150. The highest BCUT2D eigenvalue weighted by molar-refractivity contribution is 7.92. The number of hydrogen-bond acceptors (Lipinski definition) is 8. The standard InChI is InChI=1S/C36H37Cl2N3O6S/c1-4-46-32(42)23-41-33(25-11-8-13-28(37)20-25)34(36(43)47-5-2)40(35(41)26-12-9-14-29(38)21-26)22-27-10-6-7-15-31(27)39-48(44,45)30-18-16-24(3)17-19-30/h6-21,33-35,39H,4-5,22-23H2,1-3H3/t33-,34-,35+/m0/s1. The average Bonchev–Trinajstić information content (AvgIpc) is 3.35. The summed E-state index contributed by atoms with van der Waals surface area (Å²) in [5, 5.41) is 0.925. The molecule has 12 heteroatoms. The zero-order valence-corrected chi connectivity index (χ0v) is 29.1. The SMILES string of the molecule is CCOC(=O)CN1[C@H](c2cccc(Cl)c2)N(Cc2ccccc2NS(=O)(=O)c2ccc(C)cc2)[C@H](C(=O)OCC)[C@@H]1c1cccc(Cl)c1. The number of carbonyl (C=O) groups excluding carboxylic acids is 2. The summed E-state index contributed by atoms with van der Waals surface area (Å²) in [5.41, 5.74) is 3.27. The Morgan fingerprint density at radius 3 is 2.06 bits per heavy atom. The van der Waals surface area contributed by atoms with E-state index in [9.17, 15) is 18.0 Å². The molecular formula is C36H37Cl2N3O6S. The summed E-state index contributed by atoms with van der Waals surface area (Å²) >= 11 is 13.0. The smallest absolute Gasteiger partial charge is 0.325 e. The Labute approximate surface area is 291 Å². The van der Waals surface area contributed by atoms with Gasteiger partial charge in [-0.15, -0.1) is 0 Å². The highest BCUT2D eigenvalue weighted by atomic mass is 35.5. The number of carbonyl (C=O) groups is 2. The summed E-state index contributed by atoms with van der Waals surface area (Å²) in [6.07, 6.45) is -0.701. The van der Waals surface area contributed by atoms with Crippen molar-refractivity contribution < 1.29 is 27.5 Å².